The zero-order valence-electron chi connectivity index (χ0n) is 17.8. The molecular formula is C26H24ClNO5. The summed E-state index contributed by atoms with van der Waals surface area (Å²) in [6.45, 7) is 0.291. The van der Waals surface area contributed by atoms with Gasteiger partial charge in [0.05, 0.1) is 6.10 Å². The van der Waals surface area contributed by atoms with Gasteiger partial charge in [-0.15, -0.1) is 0 Å². The summed E-state index contributed by atoms with van der Waals surface area (Å²) in [5.41, 5.74) is 5.15. The van der Waals surface area contributed by atoms with Crippen LogP contribution in [0.4, 0.5) is 4.79 Å². The number of carbonyl (C=O) groups is 2. The van der Waals surface area contributed by atoms with Crippen LogP contribution in [-0.2, 0) is 4.74 Å². The number of fused-ring (bicyclic) bond motifs is 3. The molecule has 1 aliphatic carbocycles. The van der Waals surface area contributed by atoms with Crippen LogP contribution in [0.5, 0.6) is 0 Å². The third-order valence-corrected chi connectivity index (χ3v) is 6.24. The number of rotatable bonds is 8. The van der Waals surface area contributed by atoms with Crippen LogP contribution in [0.15, 0.2) is 66.7 Å². The van der Waals surface area contributed by atoms with Crippen LogP contribution in [0.3, 0.4) is 0 Å². The molecule has 0 aliphatic heterocycles. The van der Waals surface area contributed by atoms with Crippen LogP contribution in [0.2, 0.25) is 5.02 Å². The highest BCUT2D eigenvalue weighted by Gasteiger charge is 2.29. The Morgan fingerprint density at radius 2 is 1.67 bits per heavy atom. The quantitative estimate of drug-likeness (QED) is 0.426. The molecule has 0 spiro atoms. The molecule has 170 valence electrons. The average molecular weight is 466 g/mol. The standard InChI is InChI=1S/C26H24ClNO5/c27-23-10-9-16(14-29)13-21(23)25(31)24(30)11-12-28-26(32)33-15-22-19-7-3-1-5-17(19)18-6-2-4-8-20(18)22/h1-10,13-14,22,24-25,30-31H,11-12,15H2,(H,28,32). The highest BCUT2D eigenvalue weighted by atomic mass is 35.5. The minimum atomic E-state index is -1.29. The van der Waals surface area contributed by atoms with Crippen molar-refractivity contribution in [3.8, 4) is 11.1 Å². The van der Waals surface area contributed by atoms with E-state index in [0.29, 0.717) is 11.8 Å². The smallest absolute Gasteiger partial charge is 0.407 e. The molecule has 3 N–H and O–H groups in total. The lowest BCUT2D eigenvalue weighted by Gasteiger charge is -2.20. The summed E-state index contributed by atoms with van der Waals surface area (Å²) in [6.07, 6.45) is -2.36. The van der Waals surface area contributed by atoms with Gasteiger partial charge in [-0.1, -0.05) is 66.2 Å². The summed E-state index contributed by atoms with van der Waals surface area (Å²) in [7, 11) is 0. The second-order valence-electron chi connectivity index (χ2n) is 7.95. The Balaban J connectivity index is 1.30. The third kappa shape index (κ3) is 4.93. The Morgan fingerprint density at radius 1 is 1.03 bits per heavy atom. The molecule has 1 amide bonds. The largest absolute Gasteiger partial charge is 0.449 e. The SMILES string of the molecule is O=Cc1ccc(Cl)c(C(O)C(O)CCNC(=O)OCC2c3ccccc3-c3ccccc32)c1. The maximum atomic E-state index is 12.2. The topological polar surface area (TPSA) is 95.9 Å². The first-order valence-electron chi connectivity index (χ1n) is 10.7. The van der Waals surface area contributed by atoms with Crippen LogP contribution >= 0.6 is 11.6 Å². The summed E-state index contributed by atoms with van der Waals surface area (Å²) in [5, 5.41) is 23.6. The molecular weight excluding hydrogens is 442 g/mol. The van der Waals surface area contributed by atoms with Crippen LogP contribution < -0.4 is 5.32 Å². The molecule has 0 saturated carbocycles. The molecule has 2 atom stereocenters. The Labute approximate surface area is 196 Å². The van der Waals surface area contributed by atoms with Gasteiger partial charge in [-0.25, -0.2) is 4.79 Å². The highest BCUT2D eigenvalue weighted by molar-refractivity contribution is 6.31. The Hall–Kier alpha value is -3.19. The monoisotopic (exact) mass is 465 g/mol. The van der Waals surface area contributed by atoms with E-state index in [4.69, 9.17) is 16.3 Å². The van der Waals surface area contributed by atoms with Crippen molar-refractivity contribution in [3.63, 3.8) is 0 Å². The van der Waals surface area contributed by atoms with Crippen LogP contribution in [0.1, 0.15) is 45.5 Å². The molecule has 2 unspecified atom stereocenters. The second kappa shape index (κ2) is 10.2. The lowest BCUT2D eigenvalue weighted by Crippen LogP contribution is -2.30. The van der Waals surface area contributed by atoms with Gasteiger partial charge < -0.3 is 20.3 Å². The highest BCUT2D eigenvalue weighted by Crippen LogP contribution is 2.44. The number of nitrogens with one attached hydrogen (secondary N) is 1. The van der Waals surface area contributed by atoms with Crippen molar-refractivity contribution in [2.24, 2.45) is 0 Å². The molecule has 33 heavy (non-hydrogen) atoms. The molecule has 0 aromatic heterocycles. The van der Waals surface area contributed by atoms with E-state index in [1.54, 1.807) is 0 Å². The number of aldehydes is 1. The minimum Gasteiger partial charge on any atom is -0.449 e. The molecule has 1 aliphatic rings. The van der Waals surface area contributed by atoms with Crippen molar-refractivity contribution in [3.05, 3.63) is 94.0 Å². The summed E-state index contributed by atoms with van der Waals surface area (Å²) in [4.78, 5) is 23.2. The zero-order valence-corrected chi connectivity index (χ0v) is 18.5. The molecule has 3 aromatic carbocycles. The van der Waals surface area contributed by atoms with E-state index in [-0.39, 0.29) is 36.1 Å². The van der Waals surface area contributed by atoms with Crippen molar-refractivity contribution in [1.82, 2.24) is 5.32 Å². The van der Waals surface area contributed by atoms with Crippen molar-refractivity contribution in [2.75, 3.05) is 13.2 Å². The number of ether oxygens (including phenoxy) is 1. The fourth-order valence-electron chi connectivity index (χ4n) is 4.20. The summed E-state index contributed by atoms with van der Waals surface area (Å²) < 4.78 is 5.46. The first kappa shape index (κ1) is 23.0. The van der Waals surface area contributed by atoms with Gasteiger partial charge in [0, 0.05) is 28.6 Å². The predicted octanol–water partition coefficient (Wildman–Crippen LogP) is 4.48. The maximum absolute atomic E-state index is 12.2. The lowest BCUT2D eigenvalue weighted by atomic mass is 9.98. The van der Waals surface area contributed by atoms with Gasteiger partial charge in [-0.2, -0.15) is 0 Å². The summed E-state index contributed by atoms with van der Waals surface area (Å²) >= 11 is 6.08. The first-order valence-corrected chi connectivity index (χ1v) is 11.1. The van der Waals surface area contributed by atoms with E-state index < -0.39 is 18.3 Å². The number of alkyl carbamates (subject to hydrolysis) is 1. The van der Waals surface area contributed by atoms with Crippen LogP contribution in [0, 0.1) is 0 Å². The van der Waals surface area contributed by atoms with E-state index in [1.165, 1.54) is 18.2 Å². The lowest BCUT2D eigenvalue weighted by molar-refractivity contribution is 0.0137. The van der Waals surface area contributed by atoms with Gasteiger partial charge in [0.25, 0.3) is 0 Å². The molecule has 0 radical (unpaired) electrons. The predicted molar refractivity (Wildman–Crippen MR) is 125 cm³/mol. The van der Waals surface area contributed by atoms with Crippen molar-refractivity contribution in [2.45, 2.75) is 24.5 Å². The van der Waals surface area contributed by atoms with Crippen molar-refractivity contribution in [1.29, 1.82) is 0 Å². The number of aliphatic hydroxyl groups excluding tert-OH is 2. The van der Waals surface area contributed by atoms with Crippen molar-refractivity contribution < 1.29 is 24.5 Å². The maximum Gasteiger partial charge on any atom is 0.407 e. The van der Waals surface area contributed by atoms with E-state index in [9.17, 15) is 19.8 Å². The van der Waals surface area contributed by atoms with Gasteiger partial charge in [-0.3, -0.25) is 4.79 Å². The van der Waals surface area contributed by atoms with Gasteiger partial charge in [0.15, 0.2) is 0 Å². The first-order chi connectivity index (χ1) is 16.0. The van der Waals surface area contributed by atoms with Gasteiger partial charge in [0.2, 0.25) is 0 Å². The molecule has 4 rings (SSSR count). The molecule has 0 heterocycles. The number of hydrogen-bond acceptors (Lipinski definition) is 5. The fourth-order valence-corrected chi connectivity index (χ4v) is 4.43. The molecule has 0 saturated heterocycles. The number of aliphatic hydroxyl groups is 2. The summed E-state index contributed by atoms with van der Waals surface area (Å²) in [6, 6.07) is 20.6. The average Bonchev–Trinajstić information content (AvgIpc) is 3.16. The number of amides is 1. The molecule has 0 bridgehead atoms. The normalized spacial score (nSPS) is 14.2. The van der Waals surface area contributed by atoms with E-state index in [0.717, 1.165) is 22.3 Å². The van der Waals surface area contributed by atoms with E-state index in [1.807, 2.05) is 36.4 Å². The van der Waals surface area contributed by atoms with Crippen molar-refractivity contribution >= 4 is 24.0 Å². The number of benzene rings is 3. The van der Waals surface area contributed by atoms with Crippen LogP contribution in [-0.4, -0.2) is 41.8 Å². The zero-order chi connectivity index (χ0) is 23.4. The Kier molecular flexibility index (Phi) is 7.08. The van der Waals surface area contributed by atoms with Crippen LogP contribution in [0.25, 0.3) is 11.1 Å². The Morgan fingerprint density at radius 3 is 2.30 bits per heavy atom. The number of halogens is 1. The number of hydrogen-bond donors (Lipinski definition) is 3. The summed E-state index contributed by atoms with van der Waals surface area (Å²) in [5.74, 6) is -0.0391. The van der Waals surface area contributed by atoms with E-state index in [2.05, 4.69) is 17.4 Å². The second-order valence-corrected chi connectivity index (χ2v) is 8.36. The molecule has 0 fully saturated rings. The molecule has 6 nitrogen and oxygen atoms in total. The molecule has 3 aromatic rings. The van der Waals surface area contributed by atoms with Gasteiger partial charge >= 0.3 is 6.09 Å². The third-order valence-electron chi connectivity index (χ3n) is 5.89. The van der Waals surface area contributed by atoms with Gasteiger partial charge in [0.1, 0.15) is 19.0 Å². The molecule has 7 heteroatoms. The van der Waals surface area contributed by atoms with E-state index >= 15 is 0 Å². The number of carbonyl (C=O) groups excluding carboxylic acids is 2. The minimum absolute atomic E-state index is 0.0391. The van der Waals surface area contributed by atoms with Gasteiger partial charge in [-0.05, 0) is 40.8 Å². The fraction of sp³-hybridized carbons (Fsp3) is 0.231. The Bertz CT molecular complexity index is 1120.